The molecule has 186 valence electrons. The van der Waals surface area contributed by atoms with Crippen molar-refractivity contribution in [1.29, 1.82) is 0 Å². The number of carbonyl (C=O) groups is 1. The molecule has 2 aromatic carbocycles. The summed E-state index contributed by atoms with van der Waals surface area (Å²) in [7, 11) is 1.58. The van der Waals surface area contributed by atoms with Crippen LogP contribution in [0.15, 0.2) is 30.5 Å². The number of carboxylic acid groups (broad SMARTS) is 1. The van der Waals surface area contributed by atoms with E-state index in [9.17, 15) is 9.90 Å². The van der Waals surface area contributed by atoms with Crippen molar-refractivity contribution in [2.24, 2.45) is 0 Å². The minimum absolute atomic E-state index is 0.132. The van der Waals surface area contributed by atoms with Crippen LogP contribution in [0.5, 0.6) is 11.6 Å². The second kappa shape index (κ2) is 9.18. The first-order valence-electron chi connectivity index (χ1n) is 12.0. The summed E-state index contributed by atoms with van der Waals surface area (Å²) in [5, 5.41) is 10.7. The monoisotopic (exact) mass is 506 g/mol. The van der Waals surface area contributed by atoms with Gasteiger partial charge in [-0.05, 0) is 49.6 Å². The lowest BCUT2D eigenvalue weighted by atomic mass is 10.1. The predicted octanol–water partition coefficient (Wildman–Crippen LogP) is 4.69. The summed E-state index contributed by atoms with van der Waals surface area (Å²) < 4.78 is 18.0. The van der Waals surface area contributed by atoms with Crippen LogP contribution >= 0.6 is 11.3 Å². The fourth-order valence-corrected chi connectivity index (χ4v) is 6.21. The molecular formula is C26H26N4O5S. The molecule has 0 saturated carbocycles. The van der Waals surface area contributed by atoms with Crippen LogP contribution in [-0.4, -0.2) is 70.1 Å². The van der Waals surface area contributed by atoms with Crippen molar-refractivity contribution in [2.75, 3.05) is 26.9 Å². The van der Waals surface area contributed by atoms with E-state index in [-0.39, 0.29) is 12.1 Å². The van der Waals surface area contributed by atoms with Gasteiger partial charge in [-0.15, -0.1) is 11.3 Å². The zero-order chi connectivity index (χ0) is 24.8. The molecule has 0 aliphatic carbocycles. The van der Waals surface area contributed by atoms with E-state index in [1.165, 1.54) is 4.90 Å². The van der Waals surface area contributed by atoms with E-state index in [1.54, 1.807) is 24.6 Å². The van der Waals surface area contributed by atoms with Crippen molar-refractivity contribution in [1.82, 2.24) is 19.9 Å². The molecule has 4 aromatic rings. The highest BCUT2D eigenvalue weighted by Crippen LogP contribution is 2.42. The summed E-state index contributed by atoms with van der Waals surface area (Å²) in [5.41, 5.74) is 5.50. The molecule has 0 radical (unpaired) electrons. The molecule has 2 aliphatic rings. The van der Waals surface area contributed by atoms with Gasteiger partial charge in [-0.2, -0.15) is 0 Å². The Morgan fingerprint density at radius 2 is 2.17 bits per heavy atom. The topological polar surface area (TPSA) is 107 Å². The van der Waals surface area contributed by atoms with Gasteiger partial charge in [0.25, 0.3) is 0 Å². The van der Waals surface area contributed by atoms with Gasteiger partial charge in [0.1, 0.15) is 16.9 Å². The number of nitrogens with zero attached hydrogens (tertiary/aromatic N) is 4. The highest BCUT2D eigenvalue weighted by Gasteiger charge is 2.33. The van der Waals surface area contributed by atoms with E-state index in [4.69, 9.17) is 19.2 Å². The minimum atomic E-state index is -0.931. The van der Waals surface area contributed by atoms with Crippen LogP contribution in [0.4, 0.5) is 4.79 Å². The number of benzene rings is 2. The van der Waals surface area contributed by atoms with E-state index in [0.29, 0.717) is 32.1 Å². The average Bonchev–Trinajstić information content (AvgIpc) is 3.50. The normalized spacial score (nSPS) is 19.3. The number of hydrogen-bond donors (Lipinski definition) is 1. The van der Waals surface area contributed by atoms with Gasteiger partial charge >= 0.3 is 6.09 Å². The number of hydrogen-bond acceptors (Lipinski definition) is 8. The van der Waals surface area contributed by atoms with Crippen LogP contribution in [-0.2, 0) is 11.2 Å². The van der Waals surface area contributed by atoms with Crippen molar-refractivity contribution in [3.63, 3.8) is 0 Å². The maximum absolute atomic E-state index is 12.0. The third kappa shape index (κ3) is 4.10. The molecule has 36 heavy (non-hydrogen) atoms. The Labute approximate surface area is 211 Å². The zero-order valence-corrected chi connectivity index (χ0v) is 20.9. The van der Waals surface area contributed by atoms with Crippen LogP contribution in [0, 0.1) is 6.92 Å². The number of aryl methyl sites for hydroxylation is 1. The first kappa shape index (κ1) is 22.9. The summed E-state index contributed by atoms with van der Waals surface area (Å²) in [6, 6.07) is 7.84. The summed E-state index contributed by atoms with van der Waals surface area (Å²) in [6.07, 6.45) is 2.77. The molecule has 1 N–H and O–H groups in total. The molecular weight excluding hydrogens is 480 g/mol. The van der Waals surface area contributed by atoms with E-state index < -0.39 is 6.09 Å². The third-order valence-corrected chi connectivity index (χ3v) is 7.94. The number of aromatic nitrogens is 3. The van der Waals surface area contributed by atoms with E-state index in [1.807, 2.05) is 25.1 Å². The molecule has 9 nitrogen and oxygen atoms in total. The molecule has 0 bridgehead atoms. The highest BCUT2D eigenvalue weighted by molar-refractivity contribution is 7.22. The Kier molecular flexibility index (Phi) is 5.85. The smallest absolute Gasteiger partial charge is 0.407 e. The molecule has 4 heterocycles. The average molecular weight is 507 g/mol. The molecule has 2 unspecified atom stereocenters. The number of methoxy groups -OCH3 is 1. The van der Waals surface area contributed by atoms with Crippen LogP contribution in [0.3, 0.4) is 0 Å². The lowest BCUT2D eigenvalue weighted by Gasteiger charge is -2.33. The van der Waals surface area contributed by atoms with Gasteiger partial charge in [-0.25, -0.2) is 19.7 Å². The second-order valence-corrected chi connectivity index (χ2v) is 10.3. The minimum Gasteiger partial charge on any atom is -0.488 e. The SMILES string of the molecule is COc1cnc2c(-c3nc4ccc5c(c4s3)CC(CN(C(=O)O)C3CCCOC3)O5)cc(C)cc2n1. The number of thiazole rings is 1. The third-order valence-electron chi connectivity index (χ3n) is 6.77. The van der Waals surface area contributed by atoms with Gasteiger partial charge in [0.2, 0.25) is 5.88 Å². The molecule has 1 amide bonds. The van der Waals surface area contributed by atoms with Crippen LogP contribution in [0.1, 0.15) is 24.0 Å². The van der Waals surface area contributed by atoms with Gasteiger partial charge in [0, 0.05) is 24.2 Å². The molecule has 0 spiro atoms. The summed E-state index contributed by atoms with van der Waals surface area (Å²) >= 11 is 1.60. The maximum Gasteiger partial charge on any atom is 0.407 e. The molecule has 2 atom stereocenters. The van der Waals surface area contributed by atoms with E-state index in [2.05, 4.69) is 16.0 Å². The molecule has 2 aromatic heterocycles. The summed E-state index contributed by atoms with van der Waals surface area (Å²) in [5.74, 6) is 1.27. The van der Waals surface area contributed by atoms with Gasteiger partial charge < -0.3 is 19.3 Å². The first-order valence-corrected chi connectivity index (χ1v) is 12.8. The van der Waals surface area contributed by atoms with Gasteiger partial charge in [-0.1, -0.05) is 0 Å². The van der Waals surface area contributed by atoms with Crippen molar-refractivity contribution in [3.05, 3.63) is 41.6 Å². The molecule has 1 saturated heterocycles. The Balaban J connectivity index is 1.32. The fourth-order valence-electron chi connectivity index (χ4n) is 5.08. The largest absolute Gasteiger partial charge is 0.488 e. The summed E-state index contributed by atoms with van der Waals surface area (Å²) in [6.45, 7) is 3.47. The Morgan fingerprint density at radius 1 is 1.28 bits per heavy atom. The Morgan fingerprint density at radius 3 is 2.94 bits per heavy atom. The van der Waals surface area contributed by atoms with Crippen LogP contribution < -0.4 is 9.47 Å². The zero-order valence-electron chi connectivity index (χ0n) is 20.1. The lowest BCUT2D eigenvalue weighted by molar-refractivity contribution is 0.0104. The first-order chi connectivity index (χ1) is 17.5. The second-order valence-electron chi connectivity index (χ2n) is 9.25. The van der Waals surface area contributed by atoms with Gasteiger partial charge in [0.05, 0.1) is 53.8 Å². The van der Waals surface area contributed by atoms with Gasteiger partial charge in [-0.3, -0.25) is 4.90 Å². The highest BCUT2D eigenvalue weighted by atomic mass is 32.1. The number of ether oxygens (including phenoxy) is 3. The molecule has 1 fully saturated rings. The molecule has 10 heteroatoms. The van der Waals surface area contributed by atoms with E-state index >= 15 is 0 Å². The van der Waals surface area contributed by atoms with Crippen molar-refractivity contribution >= 4 is 38.7 Å². The number of amides is 1. The van der Waals surface area contributed by atoms with Crippen molar-refractivity contribution in [2.45, 2.75) is 38.3 Å². The number of fused-ring (bicyclic) bond motifs is 4. The standard InChI is InChI=1S/C26H26N4O5S/c1-14-8-18(23-20(9-14)28-22(33-2)11-27-23)25-29-19-5-6-21-17(24(19)36-25)10-16(35-21)12-30(26(31)32)15-4-3-7-34-13-15/h5-6,8-9,11,15-16H,3-4,7,10,12-13H2,1-2H3,(H,31,32). The molecule has 6 rings (SSSR count). The summed E-state index contributed by atoms with van der Waals surface area (Å²) in [4.78, 5) is 27.6. The van der Waals surface area contributed by atoms with Crippen LogP contribution in [0.25, 0.3) is 31.8 Å². The quantitative estimate of drug-likeness (QED) is 0.416. The number of rotatable bonds is 5. The maximum atomic E-state index is 12.0. The van der Waals surface area contributed by atoms with Crippen LogP contribution in [0.2, 0.25) is 0 Å². The lowest BCUT2D eigenvalue weighted by Crippen LogP contribution is -2.48. The predicted molar refractivity (Wildman–Crippen MR) is 136 cm³/mol. The molecule has 2 aliphatic heterocycles. The van der Waals surface area contributed by atoms with Gasteiger partial charge in [0.15, 0.2) is 0 Å². The Bertz CT molecular complexity index is 1470. The van der Waals surface area contributed by atoms with Crippen molar-refractivity contribution < 1.29 is 24.1 Å². The van der Waals surface area contributed by atoms with Crippen molar-refractivity contribution in [3.8, 4) is 22.2 Å². The van der Waals surface area contributed by atoms with E-state index in [0.717, 1.165) is 61.5 Å². The Hall–Kier alpha value is -3.50. The fraction of sp³-hybridized carbons (Fsp3) is 0.385.